The molecule has 1 aromatic heterocycles. The highest BCUT2D eigenvalue weighted by atomic mass is 19.4. The van der Waals surface area contributed by atoms with Crippen molar-refractivity contribution < 1.29 is 32.4 Å². The van der Waals surface area contributed by atoms with E-state index >= 15 is 0 Å². The molecule has 8 heteroatoms. The van der Waals surface area contributed by atoms with Crippen LogP contribution in [-0.4, -0.2) is 23.4 Å². The summed E-state index contributed by atoms with van der Waals surface area (Å²) in [6.07, 6.45) is -2.55. The van der Waals surface area contributed by atoms with Gasteiger partial charge >= 0.3 is 6.18 Å². The van der Waals surface area contributed by atoms with Crippen LogP contribution in [0.5, 0.6) is 0 Å². The number of H-pyrrole nitrogens is 1. The van der Waals surface area contributed by atoms with E-state index in [-0.39, 0.29) is 0 Å². The van der Waals surface area contributed by atoms with Crippen LogP contribution in [-0.2, 0) is 11.8 Å². The molecule has 0 bridgehead atoms. The van der Waals surface area contributed by atoms with Gasteiger partial charge in [-0.15, -0.1) is 0 Å². The van der Waals surface area contributed by atoms with E-state index in [0.717, 1.165) is 28.8 Å². The highest BCUT2D eigenvalue weighted by Gasteiger charge is 2.28. The van der Waals surface area contributed by atoms with Crippen molar-refractivity contribution in [3.05, 3.63) is 89.0 Å². The number of nitrogens with one attached hydrogen (secondary N) is 1. The first kappa shape index (κ1) is 23.0. The molecule has 0 amide bonds. The van der Waals surface area contributed by atoms with E-state index in [9.17, 15) is 18.0 Å². The van der Waals surface area contributed by atoms with E-state index < -0.39 is 12.1 Å². The summed E-state index contributed by atoms with van der Waals surface area (Å²) in [5, 5.41) is 8.78. The summed E-state index contributed by atoms with van der Waals surface area (Å²) in [5.74, 6) is 9.50. The first-order chi connectivity index (χ1) is 14.7. The first-order valence-electron chi connectivity index (χ1n) is 8.70. The summed E-state index contributed by atoms with van der Waals surface area (Å²) in [5.41, 5.74) is 4.04. The zero-order valence-electron chi connectivity index (χ0n) is 16.2. The Bertz CT molecular complexity index is 1170. The van der Waals surface area contributed by atoms with Crippen molar-refractivity contribution in [2.45, 2.75) is 6.18 Å². The van der Waals surface area contributed by atoms with Crippen LogP contribution >= 0.6 is 0 Å². The topological polar surface area (TPSA) is 76.9 Å². The van der Waals surface area contributed by atoms with Gasteiger partial charge in [-0.2, -0.15) is 13.2 Å². The SMILES string of the molecule is C[n+]1c[nH]c(C#Cc2ccccc2)c1C#Cc1ccc(C=O)cc1.O=C([O-])C(F)(F)F. The number of aliphatic carboxylic acids is 1. The number of alkyl halides is 3. The molecule has 0 atom stereocenters. The second-order valence-electron chi connectivity index (χ2n) is 6.00. The monoisotopic (exact) mass is 424 g/mol. The number of halogens is 3. The first-order valence-corrected chi connectivity index (χ1v) is 8.70. The number of imidazole rings is 1. The van der Waals surface area contributed by atoms with Gasteiger partial charge in [0.25, 0.3) is 0 Å². The van der Waals surface area contributed by atoms with Crippen LogP contribution in [0.15, 0.2) is 60.9 Å². The van der Waals surface area contributed by atoms with Crippen molar-refractivity contribution in [1.82, 2.24) is 4.98 Å². The van der Waals surface area contributed by atoms with Gasteiger partial charge in [0.15, 0.2) is 0 Å². The van der Waals surface area contributed by atoms with Crippen LogP contribution in [0.4, 0.5) is 13.2 Å². The second-order valence-corrected chi connectivity index (χ2v) is 6.00. The Hall–Kier alpha value is -4.30. The van der Waals surface area contributed by atoms with Crippen molar-refractivity contribution in [3.63, 3.8) is 0 Å². The molecule has 0 aliphatic rings. The number of carbonyl (C=O) groups is 2. The van der Waals surface area contributed by atoms with Gasteiger partial charge in [0.2, 0.25) is 17.7 Å². The lowest BCUT2D eigenvalue weighted by atomic mass is 10.1. The van der Waals surface area contributed by atoms with E-state index in [2.05, 4.69) is 28.7 Å². The summed E-state index contributed by atoms with van der Waals surface area (Å²) < 4.78 is 33.5. The summed E-state index contributed by atoms with van der Waals surface area (Å²) in [7, 11) is 1.92. The molecule has 0 saturated carbocycles. The molecular weight excluding hydrogens is 409 g/mol. The Balaban J connectivity index is 0.000000423. The zero-order chi connectivity index (χ0) is 22.9. The number of nitrogens with zero attached hydrogens (tertiary/aromatic N) is 1. The second kappa shape index (κ2) is 10.5. The summed E-state index contributed by atoms with van der Waals surface area (Å²) >= 11 is 0. The maximum Gasteiger partial charge on any atom is 0.430 e. The largest absolute Gasteiger partial charge is 0.542 e. The molecule has 0 aliphatic carbocycles. The number of benzene rings is 2. The fraction of sp³-hybridized carbons (Fsp3) is 0.0870. The van der Waals surface area contributed by atoms with Crippen molar-refractivity contribution in [2.75, 3.05) is 0 Å². The highest BCUT2D eigenvalue weighted by Crippen LogP contribution is 2.11. The van der Waals surface area contributed by atoms with Gasteiger partial charge in [0, 0.05) is 16.7 Å². The molecule has 0 aliphatic heterocycles. The molecule has 3 rings (SSSR count). The lowest BCUT2D eigenvalue weighted by Crippen LogP contribution is -2.37. The normalized spacial score (nSPS) is 9.81. The fourth-order valence-corrected chi connectivity index (χ4v) is 2.15. The maximum absolute atomic E-state index is 10.7. The van der Waals surface area contributed by atoms with Crippen LogP contribution in [0, 0.1) is 23.7 Å². The fourth-order valence-electron chi connectivity index (χ4n) is 2.15. The molecule has 0 radical (unpaired) electrons. The number of hydrogen-bond donors (Lipinski definition) is 1. The van der Waals surface area contributed by atoms with E-state index in [1.165, 1.54) is 0 Å². The van der Waals surface area contributed by atoms with Crippen molar-refractivity contribution in [3.8, 4) is 23.7 Å². The molecule has 3 aromatic rings. The Morgan fingerprint density at radius 3 is 2.06 bits per heavy atom. The number of carboxylic acid groups (broad SMARTS) is 1. The molecule has 2 aromatic carbocycles. The molecule has 0 saturated heterocycles. The number of aromatic nitrogens is 2. The van der Waals surface area contributed by atoms with Gasteiger partial charge in [-0.05, 0) is 36.1 Å². The molecule has 0 fully saturated rings. The number of carbonyl (C=O) groups excluding carboxylic acids is 2. The Labute approximate surface area is 176 Å². The number of aromatic amines is 1. The third-order valence-corrected chi connectivity index (χ3v) is 3.70. The Morgan fingerprint density at radius 1 is 0.968 bits per heavy atom. The minimum absolute atomic E-state index is 0.641. The molecule has 0 unspecified atom stereocenters. The lowest BCUT2D eigenvalue weighted by Gasteiger charge is -2.03. The minimum Gasteiger partial charge on any atom is -0.542 e. The van der Waals surface area contributed by atoms with E-state index in [4.69, 9.17) is 9.90 Å². The Kier molecular flexibility index (Phi) is 7.76. The predicted molar refractivity (Wildman–Crippen MR) is 103 cm³/mol. The van der Waals surface area contributed by atoms with Gasteiger partial charge in [-0.3, -0.25) is 4.79 Å². The third kappa shape index (κ3) is 7.22. The van der Waals surface area contributed by atoms with Crippen molar-refractivity contribution in [2.24, 2.45) is 7.05 Å². The summed E-state index contributed by atoms with van der Waals surface area (Å²) in [4.78, 5) is 22.6. The van der Waals surface area contributed by atoms with Crippen molar-refractivity contribution in [1.29, 1.82) is 0 Å². The average Bonchev–Trinajstić information content (AvgIpc) is 3.11. The molecule has 1 heterocycles. The van der Waals surface area contributed by atoms with Crippen LogP contribution in [0.1, 0.15) is 32.9 Å². The predicted octanol–water partition coefficient (Wildman–Crippen LogP) is 1.75. The van der Waals surface area contributed by atoms with Gasteiger partial charge in [-0.25, -0.2) is 9.55 Å². The molecule has 0 spiro atoms. The van der Waals surface area contributed by atoms with Gasteiger partial charge < -0.3 is 9.90 Å². The smallest absolute Gasteiger partial charge is 0.430 e. The van der Waals surface area contributed by atoms with E-state index in [1.54, 1.807) is 12.1 Å². The summed E-state index contributed by atoms with van der Waals surface area (Å²) in [6.45, 7) is 0. The van der Waals surface area contributed by atoms with E-state index in [1.807, 2.05) is 60.4 Å². The lowest BCUT2D eigenvalue weighted by molar-refractivity contribution is -0.672. The van der Waals surface area contributed by atoms with Crippen LogP contribution in [0.2, 0.25) is 0 Å². The maximum atomic E-state index is 10.7. The molecule has 5 nitrogen and oxygen atoms in total. The zero-order valence-corrected chi connectivity index (χ0v) is 16.2. The number of hydrogen-bond acceptors (Lipinski definition) is 3. The molecule has 31 heavy (non-hydrogen) atoms. The average molecular weight is 424 g/mol. The van der Waals surface area contributed by atoms with Gasteiger partial charge in [0.1, 0.15) is 12.3 Å². The van der Waals surface area contributed by atoms with Crippen LogP contribution in [0.3, 0.4) is 0 Å². The minimum atomic E-state index is -5.19. The third-order valence-electron chi connectivity index (χ3n) is 3.70. The number of carboxylic acids is 1. The van der Waals surface area contributed by atoms with Crippen LogP contribution in [0.25, 0.3) is 0 Å². The Morgan fingerprint density at radius 2 is 1.52 bits per heavy atom. The number of rotatable bonds is 1. The molecule has 1 N–H and O–H groups in total. The van der Waals surface area contributed by atoms with E-state index in [0.29, 0.717) is 5.56 Å². The summed E-state index contributed by atoms with van der Waals surface area (Å²) in [6, 6.07) is 17.0. The van der Waals surface area contributed by atoms with Gasteiger partial charge in [-0.1, -0.05) is 42.2 Å². The molecule has 156 valence electrons. The molecular formula is C23H15F3N2O3. The number of aldehydes is 1. The standard InChI is InChI=1S/C21H14N2O.C2HF3O2/c1-23-16-22-20(13-11-17-5-3-2-4-6-17)21(23)14-12-18-7-9-19(15-24)10-8-18;3-2(4,5)1(6)7/h2-10,15-16H,1H3;(H,6,7). The van der Waals surface area contributed by atoms with Crippen LogP contribution < -0.4 is 9.67 Å². The quantitative estimate of drug-likeness (QED) is 0.367. The highest BCUT2D eigenvalue weighted by molar-refractivity contribution is 5.74. The van der Waals surface area contributed by atoms with Gasteiger partial charge in [0.05, 0.1) is 7.05 Å². The van der Waals surface area contributed by atoms with Crippen molar-refractivity contribution >= 4 is 12.3 Å². The number of aryl methyl sites for hydroxylation is 1.